The first kappa shape index (κ1) is 26.4. The van der Waals surface area contributed by atoms with E-state index in [1.54, 1.807) is 6.07 Å². The molecule has 190 valence electrons. The first-order valence-corrected chi connectivity index (χ1v) is 12.8. The zero-order chi connectivity index (χ0) is 26.3. The molecule has 3 aromatic rings. The zero-order valence-corrected chi connectivity index (χ0v) is 20.7. The topological polar surface area (TPSA) is 66.5 Å². The Labute approximate surface area is 214 Å². The summed E-state index contributed by atoms with van der Waals surface area (Å²) >= 11 is 12.2. The van der Waals surface area contributed by atoms with E-state index in [2.05, 4.69) is 5.32 Å². The Balaban J connectivity index is 1.53. The number of nitrogens with zero attached hydrogens (tertiary/aromatic N) is 1. The van der Waals surface area contributed by atoms with Gasteiger partial charge >= 0.3 is 6.18 Å². The molecule has 0 saturated heterocycles. The molecule has 3 aromatic carbocycles. The molecule has 1 aliphatic heterocycles. The maximum atomic E-state index is 14.3. The van der Waals surface area contributed by atoms with E-state index >= 15 is 0 Å². The Morgan fingerprint density at radius 2 is 1.72 bits per heavy atom. The molecule has 5 nitrogen and oxygen atoms in total. The van der Waals surface area contributed by atoms with Crippen LogP contribution < -0.4 is 5.32 Å². The number of amides is 1. The Hall–Kier alpha value is -2.66. The van der Waals surface area contributed by atoms with Crippen LogP contribution >= 0.6 is 23.2 Å². The van der Waals surface area contributed by atoms with Crippen molar-refractivity contribution in [2.75, 3.05) is 11.9 Å². The molecule has 0 saturated carbocycles. The lowest BCUT2D eigenvalue weighted by Crippen LogP contribution is -2.36. The van der Waals surface area contributed by atoms with E-state index < -0.39 is 38.4 Å². The fourth-order valence-corrected chi connectivity index (χ4v) is 5.91. The van der Waals surface area contributed by atoms with E-state index in [4.69, 9.17) is 23.2 Å². The minimum atomic E-state index is -4.47. The lowest BCUT2D eigenvalue weighted by atomic mass is 9.98. The summed E-state index contributed by atoms with van der Waals surface area (Å²) in [5, 5.41) is 3.00. The highest BCUT2D eigenvalue weighted by molar-refractivity contribution is 7.89. The summed E-state index contributed by atoms with van der Waals surface area (Å²) in [6.07, 6.45) is -4.47. The largest absolute Gasteiger partial charge is 0.416 e. The van der Waals surface area contributed by atoms with E-state index in [-0.39, 0.29) is 36.0 Å². The van der Waals surface area contributed by atoms with Gasteiger partial charge in [-0.15, -0.1) is 0 Å². The minimum Gasteiger partial charge on any atom is -0.324 e. The molecule has 0 spiro atoms. The number of carbonyl (C=O) groups is 1. The number of sulfonamides is 1. The third-order valence-corrected chi connectivity index (χ3v) is 8.15. The van der Waals surface area contributed by atoms with Crippen LogP contribution in [0.3, 0.4) is 0 Å². The second kappa shape index (κ2) is 10.0. The van der Waals surface area contributed by atoms with E-state index in [1.807, 2.05) is 0 Å². The van der Waals surface area contributed by atoms with Crippen molar-refractivity contribution in [3.8, 4) is 0 Å². The summed E-state index contributed by atoms with van der Waals surface area (Å²) < 4.78 is 79.7. The van der Waals surface area contributed by atoms with Gasteiger partial charge in [0.2, 0.25) is 15.9 Å². The van der Waals surface area contributed by atoms with Crippen LogP contribution in [-0.4, -0.2) is 25.2 Å². The van der Waals surface area contributed by atoms with Crippen molar-refractivity contribution in [3.63, 3.8) is 0 Å². The summed E-state index contributed by atoms with van der Waals surface area (Å²) in [5.41, 5.74) is 1.06. The Morgan fingerprint density at radius 1 is 1.03 bits per heavy atom. The average Bonchev–Trinajstić information content (AvgIpc) is 2.82. The highest BCUT2D eigenvalue weighted by Gasteiger charge is 2.32. The van der Waals surface area contributed by atoms with Gasteiger partial charge in [-0.3, -0.25) is 4.79 Å². The molecule has 0 bridgehead atoms. The molecule has 1 amide bonds. The second-order valence-corrected chi connectivity index (χ2v) is 10.9. The number of halogens is 6. The Kier molecular flexibility index (Phi) is 7.34. The number of rotatable bonds is 5. The molecule has 0 aliphatic carbocycles. The van der Waals surface area contributed by atoms with Crippen molar-refractivity contribution in [1.82, 2.24) is 4.31 Å². The van der Waals surface area contributed by atoms with Crippen LogP contribution in [-0.2, 0) is 40.4 Å². The predicted octanol–water partition coefficient (Wildman–Crippen LogP) is 6.08. The van der Waals surface area contributed by atoms with Gasteiger partial charge in [0.15, 0.2) is 0 Å². The van der Waals surface area contributed by atoms with Gasteiger partial charge < -0.3 is 5.32 Å². The van der Waals surface area contributed by atoms with Crippen LogP contribution in [0.15, 0.2) is 59.5 Å². The predicted molar refractivity (Wildman–Crippen MR) is 128 cm³/mol. The van der Waals surface area contributed by atoms with Crippen LogP contribution in [0.1, 0.15) is 22.3 Å². The van der Waals surface area contributed by atoms with E-state index in [0.29, 0.717) is 22.4 Å². The molecule has 1 aliphatic rings. The monoisotopic (exact) mass is 560 g/mol. The normalized spacial score (nSPS) is 14.4. The summed E-state index contributed by atoms with van der Waals surface area (Å²) in [7, 11) is -4.19. The maximum Gasteiger partial charge on any atom is 0.416 e. The molecule has 1 heterocycles. The third kappa shape index (κ3) is 5.51. The molecule has 36 heavy (non-hydrogen) atoms. The van der Waals surface area contributed by atoms with Gasteiger partial charge in [-0.05, 0) is 59.5 Å². The number of alkyl halides is 3. The van der Waals surface area contributed by atoms with Gasteiger partial charge in [-0.1, -0.05) is 41.4 Å². The van der Waals surface area contributed by atoms with Crippen molar-refractivity contribution in [3.05, 3.63) is 92.7 Å². The third-order valence-electron chi connectivity index (χ3n) is 5.74. The van der Waals surface area contributed by atoms with E-state index in [9.17, 15) is 30.8 Å². The first-order chi connectivity index (χ1) is 16.9. The van der Waals surface area contributed by atoms with E-state index in [1.165, 1.54) is 24.3 Å². The van der Waals surface area contributed by atoms with Gasteiger partial charge in [-0.25, -0.2) is 12.8 Å². The summed E-state index contributed by atoms with van der Waals surface area (Å²) in [5.74, 6) is -1.42. The number of hydrogen-bond acceptors (Lipinski definition) is 3. The van der Waals surface area contributed by atoms with Gasteiger partial charge in [0.05, 0.1) is 22.7 Å². The lowest BCUT2D eigenvalue weighted by Gasteiger charge is -2.30. The average molecular weight is 561 g/mol. The first-order valence-electron chi connectivity index (χ1n) is 10.6. The molecule has 1 N–H and O–H groups in total. The van der Waals surface area contributed by atoms with Gasteiger partial charge in [0, 0.05) is 18.1 Å². The number of hydrogen-bond donors (Lipinski definition) is 1. The van der Waals surface area contributed by atoms with Crippen molar-refractivity contribution in [2.45, 2.75) is 30.5 Å². The number of nitrogens with one attached hydrogen (secondary N) is 1. The van der Waals surface area contributed by atoms with E-state index in [0.717, 1.165) is 28.6 Å². The van der Waals surface area contributed by atoms with Crippen molar-refractivity contribution >= 4 is 44.8 Å². The summed E-state index contributed by atoms with van der Waals surface area (Å²) in [6.45, 7) is -0.0774. The van der Waals surface area contributed by atoms with Crippen LogP contribution in [0.25, 0.3) is 0 Å². The highest BCUT2D eigenvalue weighted by Crippen LogP contribution is 2.35. The van der Waals surface area contributed by atoms with Crippen LogP contribution in [0.4, 0.5) is 23.2 Å². The molecule has 0 aromatic heterocycles. The number of anilines is 1. The molecule has 0 unspecified atom stereocenters. The quantitative estimate of drug-likeness (QED) is 0.384. The highest BCUT2D eigenvalue weighted by atomic mass is 35.5. The molecular weight excluding hydrogens is 543 g/mol. The molecule has 0 atom stereocenters. The molecule has 4 rings (SSSR count). The zero-order valence-electron chi connectivity index (χ0n) is 18.4. The number of benzene rings is 3. The van der Waals surface area contributed by atoms with Crippen molar-refractivity contribution in [1.29, 1.82) is 0 Å². The number of fused-ring (bicyclic) bond motifs is 1. The standard InChI is InChI=1S/C24H18Cl2F4N2O3S/c25-17-6-8-20(27)21(12-17)36(34,35)32-10-9-18-15(13-32)3-7-19(26)23(18)31-22(33)11-14-1-4-16(5-2-14)24(28,29)30/h1-8,12H,9-11,13H2,(H,31,33). The van der Waals surface area contributed by atoms with Gasteiger partial charge in [0.1, 0.15) is 10.7 Å². The molecule has 0 fully saturated rings. The molecule has 0 radical (unpaired) electrons. The fraction of sp³-hybridized carbons (Fsp3) is 0.208. The van der Waals surface area contributed by atoms with Gasteiger partial charge in [0.25, 0.3) is 0 Å². The Morgan fingerprint density at radius 3 is 2.39 bits per heavy atom. The number of carbonyl (C=O) groups excluding carboxylic acids is 1. The Bertz CT molecular complexity index is 1430. The van der Waals surface area contributed by atoms with Crippen LogP contribution in [0, 0.1) is 5.82 Å². The second-order valence-electron chi connectivity index (χ2n) is 8.14. The fourth-order valence-electron chi connectivity index (χ4n) is 3.94. The van der Waals surface area contributed by atoms with Crippen molar-refractivity contribution < 1.29 is 30.8 Å². The smallest absolute Gasteiger partial charge is 0.324 e. The molecule has 12 heteroatoms. The summed E-state index contributed by atoms with van der Waals surface area (Å²) in [4.78, 5) is 12.1. The van der Waals surface area contributed by atoms with Crippen LogP contribution in [0.5, 0.6) is 0 Å². The van der Waals surface area contributed by atoms with Gasteiger partial charge in [-0.2, -0.15) is 17.5 Å². The van der Waals surface area contributed by atoms with Crippen molar-refractivity contribution in [2.24, 2.45) is 0 Å². The van der Waals surface area contributed by atoms with Crippen LogP contribution in [0.2, 0.25) is 10.0 Å². The maximum absolute atomic E-state index is 14.3. The SMILES string of the molecule is O=C(Cc1ccc(C(F)(F)F)cc1)Nc1c(Cl)ccc2c1CCN(S(=O)(=O)c1cc(Cl)ccc1F)C2. The minimum absolute atomic E-state index is 0.00338. The summed E-state index contributed by atoms with van der Waals surface area (Å²) in [6, 6.07) is 10.7. The lowest BCUT2D eigenvalue weighted by molar-refractivity contribution is -0.137. The molecular formula is C24H18Cl2F4N2O3S.